The fourth-order valence-electron chi connectivity index (χ4n) is 3.91. The molecule has 1 aliphatic rings. The van der Waals surface area contributed by atoms with Crippen molar-refractivity contribution < 1.29 is 9.59 Å². The number of benzene rings is 2. The van der Waals surface area contributed by atoms with Gasteiger partial charge in [-0.3, -0.25) is 9.59 Å². The molecule has 0 saturated carbocycles. The summed E-state index contributed by atoms with van der Waals surface area (Å²) in [7, 11) is 0. The second kappa shape index (κ2) is 9.06. The molecule has 0 bridgehead atoms. The molecule has 0 aliphatic carbocycles. The van der Waals surface area contributed by atoms with Gasteiger partial charge in [0.25, 0.3) is 5.91 Å². The lowest BCUT2D eigenvalue weighted by molar-refractivity contribution is -0.128. The number of hydrogen-bond donors (Lipinski definition) is 1. The maximum Gasteiger partial charge on any atom is 0.251 e. The van der Waals surface area contributed by atoms with Crippen LogP contribution in [-0.2, 0) is 4.79 Å². The fraction of sp³-hybridized carbons (Fsp3) is 0.292. The highest BCUT2D eigenvalue weighted by atomic mass is 79.9. The highest BCUT2D eigenvalue weighted by molar-refractivity contribution is 9.10. The van der Waals surface area contributed by atoms with Crippen LogP contribution in [0.5, 0.6) is 0 Å². The number of nitrogens with zero attached hydrogens (tertiary/aromatic N) is 3. The minimum atomic E-state index is -0.262. The zero-order chi connectivity index (χ0) is 22.0. The lowest BCUT2D eigenvalue weighted by Crippen LogP contribution is -2.38. The molecule has 1 aliphatic heterocycles. The minimum absolute atomic E-state index is 0.149. The first kappa shape index (κ1) is 21.3. The number of aromatic nitrogens is 2. The fourth-order valence-corrected chi connectivity index (χ4v) is 4.16. The molecule has 6 nitrogen and oxygen atoms in total. The summed E-state index contributed by atoms with van der Waals surface area (Å²) < 4.78 is 2.84. The number of likely N-dealkylation sites (tertiary alicyclic amines) is 1. The van der Waals surface area contributed by atoms with Gasteiger partial charge in [0.15, 0.2) is 0 Å². The van der Waals surface area contributed by atoms with Gasteiger partial charge in [0.05, 0.1) is 27.6 Å². The topological polar surface area (TPSA) is 67.2 Å². The second-order valence-corrected chi connectivity index (χ2v) is 8.62. The summed E-state index contributed by atoms with van der Waals surface area (Å²) in [4.78, 5) is 27.0. The molecule has 2 aromatic carbocycles. The van der Waals surface area contributed by atoms with E-state index >= 15 is 0 Å². The van der Waals surface area contributed by atoms with Crippen molar-refractivity contribution in [2.45, 2.75) is 32.7 Å². The molecule has 4 rings (SSSR count). The third-order valence-corrected chi connectivity index (χ3v) is 6.81. The van der Waals surface area contributed by atoms with Crippen molar-refractivity contribution in [1.29, 1.82) is 0 Å². The zero-order valence-electron chi connectivity index (χ0n) is 17.6. The molecule has 1 atom stereocenters. The molecule has 3 aromatic rings. The van der Waals surface area contributed by atoms with Crippen molar-refractivity contribution in [3.63, 3.8) is 0 Å². The quantitative estimate of drug-likeness (QED) is 0.570. The molecule has 1 unspecified atom stereocenters. The van der Waals surface area contributed by atoms with Crippen molar-refractivity contribution in [2.24, 2.45) is 0 Å². The average Bonchev–Trinajstić information content (AvgIpc) is 3.31. The Hall–Kier alpha value is -2.93. The second-order valence-electron chi connectivity index (χ2n) is 7.82. The van der Waals surface area contributed by atoms with Crippen LogP contribution in [0, 0.1) is 13.8 Å². The Morgan fingerprint density at radius 2 is 1.84 bits per heavy atom. The lowest BCUT2D eigenvalue weighted by Gasteiger charge is -2.25. The first-order valence-electron chi connectivity index (χ1n) is 10.4. The number of aryl methyl sites for hydroxylation is 1. The van der Waals surface area contributed by atoms with Gasteiger partial charge in [-0.05, 0) is 66.0 Å². The molecule has 1 saturated heterocycles. The highest BCUT2D eigenvalue weighted by Gasteiger charge is 2.25. The van der Waals surface area contributed by atoms with Crippen LogP contribution in [-0.4, -0.2) is 39.6 Å². The van der Waals surface area contributed by atoms with Gasteiger partial charge >= 0.3 is 0 Å². The van der Waals surface area contributed by atoms with E-state index < -0.39 is 0 Å². The molecule has 0 radical (unpaired) electrons. The summed E-state index contributed by atoms with van der Waals surface area (Å²) in [5.41, 5.74) is 4.37. The van der Waals surface area contributed by atoms with Gasteiger partial charge < -0.3 is 10.2 Å². The largest absolute Gasteiger partial charge is 0.343 e. The Bertz CT molecular complexity index is 1090. The van der Waals surface area contributed by atoms with Crippen molar-refractivity contribution in [2.75, 3.05) is 13.1 Å². The SMILES string of the molecule is Cc1nn(-c2ccc(C(=O)NC(CN3CCCC3=O)c3ccccc3)cc2)c(C)c1Br. The van der Waals surface area contributed by atoms with Crippen LogP contribution in [0.4, 0.5) is 0 Å². The molecule has 1 fully saturated rings. The first-order valence-corrected chi connectivity index (χ1v) is 11.2. The van der Waals surface area contributed by atoms with Crippen LogP contribution in [0.15, 0.2) is 59.1 Å². The third-order valence-electron chi connectivity index (χ3n) is 5.66. The molecule has 1 N–H and O–H groups in total. The summed E-state index contributed by atoms with van der Waals surface area (Å²) >= 11 is 3.55. The molecular formula is C24H25BrN4O2. The van der Waals surface area contributed by atoms with Crippen molar-refractivity contribution in [3.8, 4) is 5.69 Å². The van der Waals surface area contributed by atoms with Crippen LogP contribution < -0.4 is 5.32 Å². The van der Waals surface area contributed by atoms with Crippen molar-refractivity contribution in [3.05, 3.63) is 81.6 Å². The maximum absolute atomic E-state index is 13.0. The van der Waals surface area contributed by atoms with E-state index in [0.29, 0.717) is 18.5 Å². The van der Waals surface area contributed by atoms with Crippen LogP contribution in [0.3, 0.4) is 0 Å². The Morgan fingerprint density at radius 1 is 1.13 bits per heavy atom. The molecule has 1 aromatic heterocycles. The van der Waals surface area contributed by atoms with E-state index in [4.69, 9.17) is 0 Å². The van der Waals surface area contributed by atoms with Crippen LogP contribution in [0.25, 0.3) is 5.69 Å². The molecule has 160 valence electrons. The van der Waals surface area contributed by atoms with E-state index in [2.05, 4.69) is 26.3 Å². The molecule has 7 heteroatoms. The van der Waals surface area contributed by atoms with Gasteiger partial charge in [-0.25, -0.2) is 4.68 Å². The van der Waals surface area contributed by atoms with Crippen molar-refractivity contribution >= 4 is 27.7 Å². The predicted octanol–water partition coefficient (Wildman–Crippen LogP) is 4.35. The first-order chi connectivity index (χ1) is 14.9. The number of halogens is 1. The number of hydrogen-bond acceptors (Lipinski definition) is 3. The summed E-state index contributed by atoms with van der Waals surface area (Å²) in [6.07, 6.45) is 1.46. The Balaban J connectivity index is 1.52. The standard InChI is InChI=1S/C24H25BrN4O2/c1-16-23(25)17(2)29(27-16)20-12-10-19(11-13-20)24(31)26-21(18-7-4-3-5-8-18)15-28-14-6-9-22(28)30/h3-5,7-8,10-13,21H,6,9,14-15H2,1-2H3,(H,26,31). The number of carbonyl (C=O) groups is 2. The third kappa shape index (κ3) is 4.56. The number of amides is 2. The van der Waals surface area contributed by atoms with Gasteiger partial charge in [-0.2, -0.15) is 5.10 Å². The Morgan fingerprint density at radius 3 is 2.42 bits per heavy atom. The van der Waals surface area contributed by atoms with Crippen LogP contribution in [0.2, 0.25) is 0 Å². The summed E-state index contributed by atoms with van der Waals surface area (Å²) in [5.74, 6) is -0.0165. The van der Waals surface area contributed by atoms with E-state index in [-0.39, 0.29) is 17.9 Å². The van der Waals surface area contributed by atoms with Gasteiger partial charge in [-0.1, -0.05) is 30.3 Å². The Labute approximate surface area is 190 Å². The zero-order valence-corrected chi connectivity index (χ0v) is 19.2. The molecular weight excluding hydrogens is 456 g/mol. The number of nitrogens with one attached hydrogen (secondary N) is 1. The van der Waals surface area contributed by atoms with Gasteiger partial charge in [0.2, 0.25) is 5.91 Å². The van der Waals surface area contributed by atoms with Crippen LogP contribution in [0.1, 0.15) is 46.2 Å². The average molecular weight is 481 g/mol. The van der Waals surface area contributed by atoms with E-state index in [0.717, 1.165) is 40.1 Å². The number of rotatable bonds is 6. The van der Waals surface area contributed by atoms with E-state index in [1.165, 1.54) is 0 Å². The minimum Gasteiger partial charge on any atom is -0.343 e. The lowest BCUT2D eigenvalue weighted by atomic mass is 10.1. The number of carbonyl (C=O) groups excluding carboxylic acids is 2. The highest BCUT2D eigenvalue weighted by Crippen LogP contribution is 2.23. The molecule has 0 spiro atoms. The van der Waals surface area contributed by atoms with E-state index in [1.54, 1.807) is 12.1 Å². The summed E-state index contributed by atoms with van der Waals surface area (Å²) in [6.45, 7) is 5.16. The maximum atomic E-state index is 13.0. The van der Waals surface area contributed by atoms with Gasteiger partial charge in [0.1, 0.15) is 0 Å². The predicted molar refractivity (Wildman–Crippen MR) is 123 cm³/mol. The normalized spacial score (nSPS) is 14.7. The summed E-state index contributed by atoms with van der Waals surface area (Å²) in [6, 6.07) is 16.9. The molecule has 2 heterocycles. The van der Waals surface area contributed by atoms with Gasteiger partial charge in [-0.15, -0.1) is 0 Å². The van der Waals surface area contributed by atoms with Crippen LogP contribution >= 0.6 is 15.9 Å². The monoisotopic (exact) mass is 480 g/mol. The van der Waals surface area contributed by atoms with E-state index in [9.17, 15) is 9.59 Å². The smallest absolute Gasteiger partial charge is 0.251 e. The Kier molecular flexibility index (Phi) is 6.23. The van der Waals surface area contributed by atoms with E-state index in [1.807, 2.05) is 65.9 Å². The molecule has 31 heavy (non-hydrogen) atoms. The van der Waals surface area contributed by atoms with Crippen molar-refractivity contribution in [1.82, 2.24) is 20.0 Å². The summed E-state index contributed by atoms with van der Waals surface area (Å²) in [5, 5.41) is 7.66. The molecule has 2 amide bonds. The van der Waals surface area contributed by atoms with Gasteiger partial charge in [0, 0.05) is 25.1 Å².